The van der Waals surface area contributed by atoms with Crippen molar-refractivity contribution in [2.45, 2.75) is 0 Å². The van der Waals surface area contributed by atoms with Gasteiger partial charge in [-0.1, -0.05) is 11.6 Å². The minimum atomic E-state index is -0.343. The lowest BCUT2D eigenvalue weighted by Gasteiger charge is -2.03. The quantitative estimate of drug-likeness (QED) is 0.747. The van der Waals surface area contributed by atoms with Crippen LogP contribution in [0.4, 0.5) is 4.39 Å². The van der Waals surface area contributed by atoms with Gasteiger partial charge in [-0.05, 0) is 40.2 Å². The molecule has 0 radical (unpaired) electrons. The monoisotopic (exact) mass is 286 g/mol. The molecule has 0 aliphatic rings. The average molecular weight is 288 g/mol. The number of hydrogen-bond donors (Lipinski definition) is 0. The lowest BCUT2D eigenvalue weighted by Crippen LogP contribution is -1.87. The maximum Gasteiger partial charge on any atom is 0.123 e. The molecule has 0 unspecified atom stereocenters. The van der Waals surface area contributed by atoms with Crippen molar-refractivity contribution < 1.29 is 4.39 Å². The normalized spacial score (nSPS) is 10.3. The molecule has 76 valence electrons. The van der Waals surface area contributed by atoms with Gasteiger partial charge in [-0.25, -0.2) is 14.4 Å². The lowest BCUT2D eigenvalue weighted by atomic mass is 10.1. The molecule has 0 aliphatic carbocycles. The van der Waals surface area contributed by atoms with Gasteiger partial charge < -0.3 is 0 Å². The molecule has 0 saturated carbocycles. The molecule has 0 fully saturated rings. The van der Waals surface area contributed by atoms with Crippen molar-refractivity contribution in [2.24, 2.45) is 0 Å². The van der Waals surface area contributed by atoms with Gasteiger partial charge in [-0.2, -0.15) is 0 Å². The molecule has 0 aliphatic heterocycles. The molecule has 2 nitrogen and oxygen atoms in total. The lowest BCUT2D eigenvalue weighted by molar-refractivity contribution is 0.628. The highest BCUT2D eigenvalue weighted by Gasteiger charge is 2.06. The zero-order chi connectivity index (χ0) is 10.8. The van der Waals surface area contributed by atoms with E-state index in [1.165, 1.54) is 24.5 Å². The van der Waals surface area contributed by atoms with Crippen LogP contribution >= 0.6 is 27.5 Å². The maximum absolute atomic E-state index is 13.0. The van der Waals surface area contributed by atoms with E-state index in [0.29, 0.717) is 20.9 Å². The van der Waals surface area contributed by atoms with E-state index in [-0.39, 0.29) is 5.82 Å². The third-order valence-corrected chi connectivity index (χ3v) is 2.60. The Hall–Kier alpha value is -1.00. The summed E-state index contributed by atoms with van der Waals surface area (Å²) in [7, 11) is 0. The second kappa shape index (κ2) is 4.24. The Kier molecular flexibility index (Phi) is 2.98. The maximum atomic E-state index is 13.0. The van der Waals surface area contributed by atoms with Gasteiger partial charge in [-0.15, -0.1) is 0 Å². The standard InChI is InChI=1S/C10H5BrClFN2/c11-10-4-9(14-5-15-10)7-3-6(13)1-2-8(7)12/h1-5H. The van der Waals surface area contributed by atoms with Crippen LogP contribution in [0.5, 0.6) is 0 Å². The highest BCUT2D eigenvalue weighted by Crippen LogP contribution is 2.27. The van der Waals surface area contributed by atoms with E-state index >= 15 is 0 Å². The highest BCUT2D eigenvalue weighted by atomic mass is 79.9. The van der Waals surface area contributed by atoms with Crippen LogP contribution in [0.3, 0.4) is 0 Å². The topological polar surface area (TPSA) is 25.8 Å². The smallest absolute Gasteiger partial charge is 0.123 e. The molecule has 1 heterocycles. The molecule has 0 N–H and O–H groups in total. The van der Waals surface area contributed by atoms with Gasteiger partial charge >= 0.3 is 0 Å². The summed E-state index contributed by atoms with van der Waals surface area (Å²) >= 11 is 9.16. The number of halogens is 3. The van der Waals surface area contributed by atoms with E-state index in [0.717, 1.165) is 0 Å². The van der Waals surface area contributed by atoms with E-state index in [1.807, 2.05) is 0 Å². The minimum absolute atomic E-state index is 0.343. The fraction of sp³-hybridized carbons (Fsp3) is 0. The van der Waals surface area contributed by atoms with Gasteiger partial charge in [0.25, 0.3) is 0 Å². The third-order valence-electron chi connectivity index (χ3n) is 1.84. The molecule has 1 aromatic carbocycles. The van der Waals surface area contributed by atoms with Crippen LogP contribution in [0.15, 0.2) is 35.2 Å². The summed E-state index contributed by atoms with van der Waals surface area (Å²) in [5.41, 5.74) is 1.14. The zero-order valence-corrected chi connectivity index (χ0v) is 9.76. The SMILES string of the molecule is Fc1ccc(Cl)c(-c2cc(Br)ncn2)c1. The third kappa shape index (κ3) is 2.33. The highest BCUT2D eigenvalue weighted by molar-refractivity contribution is 9.10. The molecular formula is C10H5BrClFN2. The molecule has 0 atom stereocenters. The fourth-order valence-corrected chi connectivity index (χ4v) is 1.70. The molecule has 15 heavy (non-hydrogen) atoms. The van der Waals surface area contributed by atoms with Gasteiger partial charge in [0.05, 0.1) is 10.7 Å². The Morgan fingerprint density at radius 3 is 2.73 bits per heavy atom. The number of nitrogens with zero attached hydrogens (tertiary/aromatic N) is 2. The number of benzene rings is 1. The van der Waals surface area contributed by atoms with E-state index in [4.69, 9.17) is 11.6 Å². The second-order valence-corrected chi connectivity index (χ2v) is 4.07. The van der Waals surface area contributed by atoms with Crippen LogP contribution in [0.25, 0.3) is 11.3 Å². The molecule has 2 aromatic rings. The summed E-state index contributed by atoms with van der Waals surface area (Å²) in [6, 6.07) is 5.84. The van der Waals surface area contributed by atoms with E-state index < -0.39 is 0 Å². The molecule has 0 saturated heterocycles. The van der Waals surface area contributed by atoms with Crippen LogP contribution in [0.1, 0.15) is 0 Å². The Morgan fingerprint density at radius 1 is 1.20 bits per heavy atom. The van der Waals surface area contributed by atoms with Gasteiger partial charge in [0.1, 0.15) is 16.7 Å². The van der Waals surface area contributed by atoms with Crippen molar-refractivity contribution >= 4 is 27.5 Å². The molecule has 0 amide bonds. The summed E-state index contributed by atoms with van der Waals surface area (Å²) in [5.74, 6) is -0.343. The molecule has 2 rings (SSSR count). The van der Waals surface area contributed by atoms with Crippen molar-refractivity contribution in [3.05, 3.63) is 46.0 Å². The van der Waals surface area contributed by atoms with Crippen molar-refractivity contribution in [3.8, 4) is 11.3 Å². The van der Waals surface area contributed by atoms with Gasteiger partial charge in [0.2, 0.25) is 0 Å². The first kappa shape index (κ1) is 10.5. The number of aromatic nitrogens is 2. The molecule has 0 bridgehead atoms. The summed E-state index contributed by atoms with van der Waals surface area (Å²) in [6.45, 7) is 0. The molecular weight excluding hydrogens is 282 g/mol. The predicted molar refractivity (Wildman–Crippen MR) is 60.1 cm³/mol. The predicted octanol–water partition coefficient (Wildman–Crippen LogP) is 3.70. The van der Waals surface area contributed by atoms with Crippen LogP contribution in [0.2, 0.25) is 5.02 Å². The van der Waals surface area contributed by atoms with E-state index in [1.54, 1.807) is 6.07 Å². The largest absolute Gasteiger partial charge is 0.236 e. The average Bonchev–Trinajstić information content (AvgIpc) is 2.22. The van der Waals surface area contributed by atoms with Gasteiger partial charge in [0.15, 0.2) is 0 Å². The fourth-order valence-electron chi connectivity index (χ4n) is 1.17. The van der Waals surface area contributed by atoms with Crippen LogP contribution < -0.4 is 0 Å². The van der Waals surface area contributed by atoms with Crippen molar-refractivity contribution in [2.75, 3.05) is 0 Å². The van der Waals surface area contributed by atoms with Crippen LogP contribution in [-0.2, 0) is 0 Å². The van der Waals surface area contributed by atoms with Crippen molar-refractivity contribution in [1.82, 2.24) is 9.97 Å². The Labute approximate surface area is 99.3 Å². The number of hydrogen-bond acceptors (Lipinski definition) is 2. The first-order chi connectivity index (χ1) is 7.16. The summed E-state index contributed by atoms with van der Waals surface area (Å²) in [5, 5.41) is 0.460. The Balaban J connectivity index is 2.58. The van der Waals surface area contributed by atoms with Crippen LogP contribution in [-0.4, -0.2) is 9.97 Å². The molecule has 0 spiro atoms. The Bertz CT molecular complexity index is 505. The zero-order valence-electron chi connectivity index (χ0n) is 7.42. The second-order valence-electron chi connectivity index (χ2n) is 2.85. The summed E-state index contributed by atoms with van der Waals surface area (Å²) in [4.78, 5) is 7.91. The van der Waals surface area contributed by atoms with Crippen molar-refractivity contribution in [1.29, 1.82) is 0 Å². The van der Waals surface area contributed by atoms with Crippen LogP contribution in [0, 0.1) is 5.82 Å². The molecule has 1 aromatic heterocycles. The van der Waals surface area contributed by atoms with E-state index in [9.17, 15) is 4.39 Å². The van der Waals surface area contributed by atoms with Crippen molar-refractivity contribution in [3.63, 3.8) is 0 Å². The Morgan fingerprint density at radius 2 is 2.00 bits per heavy atom. The van der Waals surface area contributed by atoms with E-state index in [2.05, 4.69) is 25.9 Å². The summed E-state index contributed by atoms with van der Waals surface area (Å²) in [6.07, 6.45) is 1.39. The van der Waals surface area contributed by atoms with Gasteiger partial charge in [-0.3, -0.25) is 0 Å². The van der Waals surface area contributed by atoms with Gasteiger partial charge in [0, 0.05) is 5.56 Å². The summed E-state index contributed by atoms with van der Waals surface area (Å²) < 4.78 is 13.7. The minimum Gasteiger partial charge on any atom is -0.236 e. The first-order valence-electron chi connectivity index (χ1n) is 4.10. The molecule has 5 heteroatoms. The number of rotatable bonds is 1. The first-order valence-corrected chi connectivity index (χ1v) is 5.27.